The van der Waals surface area contributed by atoms with Crippen molar-refractivity contribution in [1.29, 1.82) is 0 Å². The van der Waals surface area contributed by atoms with Gasteiger partial charge in [0.1, 0.15) is 0 Å². The summed E-state index contributed by atoms with van der Waals surface area (Å²) in [5, 5.41) is 3.31. The third kappa shape index (κ3) is 3.46. The zero-order chi connectivity index (χ0) is 14.8. The summed E-state index contributed by atoms with van der Waals surface area (Å²) in [5.41, 5.74) is 8.47. The Balaban J connectivity index is 1.60. The van der Waals surface area contributed by atoms with E-state index < -0.39 is 0 Å². The van der Waals surface area contributed by atoms with Crippen LogP contribution in [0, 0.1) is 18.8 Å². The van der Waals surface area contributed by atoms with Gasteiger partial charge in [0.2, 0.25) is 5.91 Å². The maximum Gasteiger partial charge on any atom is 0.224 e. The standard InChI is InChI=1S/C18H26N2O/c1-12-5-7-13(8-6-12)9-17(21)20-18-14-3-2-4-15(18)11-16(19)10-14/h5-8,14-16,18H,2-4,9-11,19H2,1H3,(H,20,21). The van der Waals surface area contributed by atoms with Crippen LogP contribution in [0.5, 0.6) is 0 Å². The summed E-state index contributed by atoms with van der Waals surface area (Å²) in [7, 11) is 0. The van der Waals surface area contributed by atoms with E-state index in [0.29, 0.717) is 30.3 Å². The van der Waals surface area contributed by atoms with Crippen molar-refractivity contribution in [2.75, 3.05) is 0 Å². The molecule has 1 aromatic carbocycles. The Labute approximate surface area is 127 Å². The summed E-state index contributed by atoms with van der Waals surface area (Å²) in [6.45, 7) is 2.07. The van der Waals surface area contributed by atoms with Gasteiger partial charge in [-0.3, -0.25) is 4.79 Å². The van der Waals surface area contributed by atoms with Crippen molar-refractivity contribution in [2.24, 2.45) is 17.6 Å². The lowest BCUT2D eigenvalue weighted by atomic mass is 9.67. The molecule has 2 atom stereocenters. The number of hydrogen-bond acceptors (Lipinski definition) is 2. The Morgan fingerprint density at radius 3 is 2.43 bits per heavy atom. The van der Waals surface area contributed by atoms with Crippen LogP contribution in [0.15, 0.2) is 24.3 Å². The van der Waals surface area contributed by atoms with Gasteiger partial charge in [0.05, 0.1) is 6.42 Å². The van der Waals surface area contributed by atoms with E-state index in [1.54, 1.807) is 0 Å². The quantitative estimate of drug-likeness (QED) is 0.897. The van der Waals surface area contributed by atoms with E-state index in [4.69, 9.17) is 5.73 Å². The molecule has 21 heavy (non-hydrogen) atoms. The van der Waals surface area contributed by atoms with Crippen LogP contribution in [-0.2, 0) is 11.2 Å². The van der Waals surface area contributed by atoms with Crippen molar-refractivity contribution in [2.45, 2.75) is 57.5 Å². The number of carbonyl (C=O) groups excluding carboxylic acids is 1. The third-order valence-electron chi connectivity index (χ3n) is 5.19. The van der Waals surface area contributed by atoms with Crippen molar-refractivity contribution in [3.63, 3.8) is 0 Å². The Morgan fingerprint density at radius 2 is 1.81 bits per heavy atom. The predicted octanol–water partition coefficient (Wildman–Crippen LogP) is 2.56. The Morgan fingerprint density at radius 1 is 1.19 bits per heavy atom. The number of rotatable bonds is 3. The molecule has 0 saturated heterocycles. The highest BCUT2D eigenvalue weighted by atomic mass is 16.1. The average Bonchev–Trinajstić information content (AvgIpc) is 2.42. The molecular weight excluding hydrogens is 260 g/mol. The second-order valence-electron chi connectivity index (χ2n) is 6.94. The lowest BCUT2D eigenvalue weighted by Gasteiger charge is -2.45. The van der Waals surface area contributed by atoms with E-state index in [1.807, 2.05) is 12.1 Å². The van der Waals surface area contributed by atoms with Gasteiger partial charge in [-0.15, -0.1) is 0 Å². The van der Waals surface area contributed by atoms with Crippen molar-refractivity contribution < 1.29 is 4.79 Å². The topological polar surface area (TPSA) is 55.1 Å². The van der Waals surface area contributed by atoms with E-state index >= 15 is 0 Å². The van der Waals surface area contributed by atoms with E-state index in [9.17, 15) is 4.79 Å². The largest absolute Gasteiger partial charge is 0.353 e. The molecular formula is C18H26N2O. The molecule has 3 heteroatoms. The minimum atomic E-state index is 0.163. The van der Waals surface area contributed by atoms with Gasteiger partial charge >= 0.3 is 0 Å². The zero-order valence-electron chi connectivity index (χ0n) is 12.8. The molecule has 2 aliphatic rings. The highest BCUT2D eigenvalue weighted by Gasteiger charge is 2.39. The second-order valence-corrected chi connectivity index (χ2v) is 6.94. The Kier molecular flexibility index (Phi) is 4.29. The van der Waals surface area contributed by atoms with E-state index in [1.165, 1.54) is 24.8 Å². The van der Waals surface area contributed by atoms with Crippen LogP contribution in [0.3, 0.4) is 0 Å². The number of benzene rings is 1. The van der Waals surface area contributed by atoms with E-state index in [-0.39, 0.29) is 5.91 Å². The van der Waals surface area contributed by atoms with Crippen LogP contribution < -0.4 is 11.1 Å². The van der Waals surface area contributed by atoms with Crippen LogP contribution in [0.25, 0.3) is 0 Å². The van der Waals surface area contributed by atoms with Crippen LogP contribution in [0.4, 0.5) is 0 Å². The lowest BCUT2D eigenvalue weighted by molar-refractivity contribution is -0.122. The molecule has 2 saturated carbocycles. The van der Waals surface area contributed by atoms with Crippen LogP contribution >= 0.6 is 0 Å². The fourth-order valence-electron chi connectivity index (χ4n) is 4.15. The summed E-state index contributed by atoms with van der Waals surface area (Å²) in [4.78, 5) is 12.3. The van der Waals surface area contributed by atoms with Crippen molar-refractivity contribution in [3.05, 3.63) is 35.4 Å². The van der Waals surface area contributed by atoms with Crippen molar-refractivity contribution >= 4 is 5.91 Å². The van der Waals surface area contributed by atoms with Gasteiger partial charge in [0, 0.05) is 12.1 Å². The van der Waals surface area contributed by atoms with Gasteiger partial charge in [-0.05, 0) is 50.0 Å². The summed E-state index contributed by atoms with van der Waals surface area (Å²) >= 11 is 0. The number of hydrogen-bond donors (Lipinski definition) is 2. The van der Waals surface area contributed by atoms with Crippen molar-refractivity contribution in [3.8, 4) is 0 Å². The number of carbonyl (C=O) groups is 1. The highest BCUT2D eigenvalue weighted by Crippen LogP contribution is 2.39. The molecule has 2 aliphatic carbocycles. The first kappa shape index (κ1) is 14.6. The van der Waals surface area contributed by atoms with Gasteiger partial charge < -0.3 is 11.1 Å². The maximum absolute atomic E-state index is 12.3. The van der Waals surface area contributed by atoms with Crippen LogP contribution in [-0.4, -0.2) is 18.0 Å². The number of nitrogens with one attached hydrogen (secondary N) is 1. The molecule has 3 rings (SSSR count). The molecule has 0 spiro atoms. The molecule has 3 nitrogen and oxygen atoms in total. The number of amides is 1. The second kappa shape index (κ2) is 6.18. The monoisotopic (exact) mass is 286 g/mol. The van der Waals surface area contributed by atoms with Crippen molar-refractivity contribution in [1.82, 2.24) is 5.32 Å². The Hall–Kier alpha value is -1.35. The molecule has 0 radical (unpaired) electrons. The summed E-state index contributed by atoms with van der Waals surface area (Å²) in [6, 6.07) is 8.93. The smallest absolute Gasteiger partial charge is 0.224 e. The number of nitrogens with two attached hydrogens (primary N) is 1. The first-order valence-electron chi connectivity index (χ1n) is 8.22. The molecule has 114 valence electrons. The minimum Gasteiger partial charge on any atom is -0.353 e. The molecule has 2 bridgehead atoms. The first-order valence-corrected chi connectivity index (χ1v) is 8.22. The number of aryl methyl sites for hydroxylation is 1. The zero-order valence-corrected chi connectivity index (χ0v) is 12.8. The third-order valence-corrected chi connectivity index (χ3v) is 5.19. The molecule has 2 unspecified atom stereocenters. The molecule has 1 aromatic rings. The van der Waals surface area contributed by atoms with Gasteiger partial charge in [0.15, 0.2) is 0 Å². The molecule has 0 aromatic heterocycles. The fourth-order valence-corrected chi connectivity index (χ4v) is 4.15. The SMILES string of the molecule is Cc1ccc(CC(=O)NC2C3CCCC2CC(N)C3)cc1. The molecule has 1 amide bonds. The lowest BCUT2D eigenvalue weighted by Crippen LogP contribution is -2.54. The fraction of sp³-hybridized carbons (Fsp3) is 0.611. The summed E-state index contributed by atoms with van der Waals surface area (Å²) in [5.74, 6) is 1.35. The van der Waals surface area contributed by atoms with Crippen LogP contribution in [0.1, 0.15) is 43.2 Å². The number of fused-ring (bicyclic) bond motifs is 2. The van der Waals surface area contributed by atoms with Gasteiger partial charge in [-0.25, -0.2) is 0 Å². The molecule has 3 N–H and O–H groups in total. The minimum absolute atomic E-state index is 0.163. The summed E-state index contributed by atoms with van der Waals surface area (Å²) in [6.07, 6.45) is 6.38. The van der Waals surface area contributed by atoms with Gasteiger partial charge in [-0.1, -0.05) is 36.2 Å². The van der Waals surface area contributed by atoms with Gasteiger partial charge in [0.25, 0.3) is 0 Å². The summed E-state index contributed by atoms with van der Waals surface area (Å²) < 4.78 is 0. The maximum atomic E-state index is 12.3. The van der Waals surface area contributed by atoms with E-state index in [0.717, 1.165) is 18.4 Å². The van der Waals surface area contributed by atoms with Gasteiger partial charge in [-0.2, -0.15) is 0 Å². The average molecular weight is 286 g/mol. The Bertz CT molecular complexity index is 482. The highest BCUT2D eigenvalue weighted by molar-refractivity contribution is 5.79. The first-order chi connectivity index (χ1) is 10.1. The molecule has 0 heterocycles. The normalized spacial score (nSPS) is 31.7. The predicted molar refractivity (Wildman–Crippen MR) is 84.9 cm³/mol. The molecule has 2 fully saturated rings. The molecule has 0 aliphatic heterocycles. The van der Waals surface area contributed by atoms with E-state index in [2.05, 4.69) is 24.4 Å². The van der Waals surface area contributed by atoms with Crippen LogP contribution in [0.2, 0.25) is 0 Å².